The summed E-state index contributed by atoms with van der Waals surface area (Å²) in [6.45, 7) is 3.37. The number of carbonyl (C=O) groups excluding carboxylic acids is 1. The Bertz CT molecular complexity index is 532. The minimum Gasteiger partial charge on any atom is -0.480 e. The largest absolute Gasteiger partial charge is 0.480 e. The summed E-state index contributed by atoms with van der Waals surface area (Å²) in [7, 11) is 0. The zero-order valence-electron chi connectivity index (χ0n) is 9.44. The van der Waals surface area contributed by atoms with E-state index in [0.29, 0.717) is 11.9 Å². The van der Waals surface area contributed by atoms with E-state index in [4.69, 9.17) is 20.5 Å². The molecule has 0 atom stereocenters. The molecule has 1 aliphatic rings. The Hall–Kier alpha value is -2.58. The van der Waals surface area contributed by atoms with Crippen molar-refractivity contribution in [3.05, 3.63) is 22.5 Å². The molecule has 0 saturated heterocycles. The highest BCUT2D eigenvalue weighted by Gasteiger charge is 2.39. The Morgan fingerprint density at radius 3 is 2.35 bits per heavy atom. The van der Waals surface area contributed by atoms with Gasteiger partial charge in [-0.3, -0.25) is 0 Å². The third-order valence-electron chi connectivity index (χ3n) is 2.46. The number of aldehydes is 1. The number of rotatable bonds is 2. The van der Waals surface area contributed by atoms with E-state index >= 15 is 0 Å². The van der Waals surface area contributed by atoms with Gasteiger partial charge in [0.25, 0.3) is 0 Å². The Kier molecular flexibility index (Phi) is 3.31. The first-order valence-electron chi connectivity index (χ1n) is 4.83. The fourth-order valence-electron chi connectivity index (χ4n) is 1.66. The molecule has 1 aliphatic heterocycles. The van der Waals surface area contributed by atoms with E-state index in [9.17, 15) is 4.79 Å². The molecule has 0 spiro atoms. The minimum atomic E-state index is -0.847. The van der Waals surface area contributed by atoms with Gasteiger partial charge in [0.2, 0.25) is 0 Å². The first kappa shape index (κ1) is 12.5. The van der Waals surface area contributed by atoms with Gasteiger partial charge in [0.05, 0.1) is 5.57 Å². The summed E-state index contributed by atoms with van der Waals surface area (Å²) in [4.78, 5) is 10.6. The van der Waals surface area contributed by atoms with Gasteiger partial charge in [0.1, 0.15) is 30.1 Å². The number of carbonyl (C=O) groups is 1. The van der Waals surface area contributed by atoms with E-state index in [1.807, 2.05) is 6.07 Å². The predicted octanol–water partition coefficient (Wildman–Crippen LogP) is 1.51. The molecule has 0 unspecified atom stereocenters. The molecular formula is C12H9N3O2. The van der Waals surface area contributed by atoms with Gasteiger partial charge in [0, 0.05) is 12.0 Å². The van der Waals surface area contributed by atoms with Crippen LogP contribution in [0, 0.1) is 34.0 Å². The molecule has 0 aliphatic carbocycles. The Labute approximate surface area is 98.8 Å². The van der Waals surface area contributed by atoms with Gasteiger partial charge in [-0.05, 0) is 13.8 Å². The standard InChI is InChI=1S/C12H9N3O2/c1-12(2)10(3-4-16)9(7-15)11(17-12)8(5-13)6-14/h4H,3H2,1-2H3. The van der Waals surface area contributed by atoms with Crippen molar-refractivity contribution in [3.8, 4) is 18.2 Å². The quantitative estimate of drug-likeness (QED) is 0.526. The van der Waals surface area contributed by atoms with Crippen LogP contribution in [0.2, 0.25) is 0 Å². The molecule has 0 saturated carbocycles. The highest BCUT2D eigenvalue weighted by Crippen LogP contribution is 2.40. The van der Waals surface area contributed by atoms with Gasteiger partial charge in [-0.2, -0.15) is 15.8 Å². The highest BCUT2D eigenvalue weighted by atomic mass is 16.5. The smallest absolute Gasteiger partial charge is 0.172 e. The molecule has 0 amide bonds. The Morgan fingerprint density at radius 1 is 1.35 bits per heavy atom. The predicted molar refractivity (Wildman–Crippen MR) is 56.7 cm³/mol. The molecule has 84 valence electrons. The summed E-state index contributed by atoms with van der Waals surface area (Å²) in [5.74, 6) is -0.0284. The molecule has 0 aromatic rings. The molecule has 0 fully saturated rings. The second kappa shape index (κ2) is 4.51. The molecule has 0 N–H and O–H groups in total. The molecule has 5 nitrogen and oxygen atoms in total. The maximum absolute atomic E-state index is 10.6. The fourth-order valence-corrected chi connectivity index (χ4v) is 1.66. The van der Waals surface area contributed by atoms with Crippen LogP contribution >= 0.6 is 0 Å². The van der Waals surface area contributed by atoms with Crippen molar-refractivity contribution >= 4 is 6.29 Å². The zero-order chi connectivity index (χ0) is 13.1. The van der Waals surface area contributed by atoms with Crippen LogP contribution in [0.1, 0.15) is 20.3 Å². The molecule has 1 heterocycles. The average molecular weight is 227 g/mol. The van der Waals surface area contributed by atoms with Crippen LogP contribution in [-0.4, -0.2) is 11.9 Å². The van der Waals surface area contributed by atoms with E-state index < -0.39 is 5.60 Å². The number of nitrogens with zero attached hydrogens (tertiary/aromatic N) is 3. The second-order valence-corrected chi connectivity index (χ2v) is 3.88. The van der Waals surface area contributed by atoms with Crippen molar-refractivity contribution in [2.75, 3.05) is 0 Å². The van der Waals surface area contributed by atoms with Crippen molar-refractivity contribution in [2.45, 2.75) is 25.9 Å². The number of ether oxygens (including phenoxy) is 1. The number of nitriles is 3. The van der Waals surface area contributed by atoms with E-state index in [-0.39, 0.29) is 23.3 Å². The molecule has 17 heavy (non-hydrogen) atoms. The first-order chi connectivity index (χ1) is 8.01. The topological polar surface area (TPSA) is 97.7 Å². The van der Waals surface area contributed by atoms with Crippen LogP contribution in [0.4, 0.5) is 0 Å². The van der Waals surface area contributed by atoms with Crippen molar-refractivity contribution in [2.24, 2.45) is 0 Å². The van der Waals surface area contributed by atoms with E-state index in [0.717, 1.165) is 0 Å². The van der Waals surface area contributed by atoms with Crippen LogP contribution in [-0.2, 0) is 9.53 Å². The number of allylic oxidation sites excluding steroid dienone is 2. The third-order valence-corrected chi connectivity index (χ3v) is 2.46. The lowest BCUT2D eigenvalue weighted by atomic mass is 9.93. The van der Waals surface area contributed by atoms with Crippen LogP contribution in [0.15, 0.2) is 22.5 Å². The van der Waals surface area contributed by atoms with Gasteiger partial charge in [0.15, 0.2) is 11.3 Å². The lowest BCUT2D eigenvalue weighted by molar-refractivity contribution is -0.107. The van der Waals surface area contributed by atoms with Crippen LogP contribution in [0.3, 0.4) is 0 Å². The zero-order valence-corrected chi connectivity index (χ0v) is 9.44. The maximum Gasteiger partial charge on any atom is 0.172 e. The minimum absolute atomic E-state index is 0.0284. The normalized spacial score (nSPS) is 16.5. The van der Waals surface area contributed by atoms with E-state index in [1.165, 1.54) is 0 Å². The van der Waals surface area contributed by atoms with Crippen molar-refractivity contribution in [1.82, 2.24) is 0 Å². The summed E-state index contributed by atoms with van der Waals surface area (Å²) < 4.78 is 5.44. The fraction of sp³-hybridized carbons (Fsp3) is 0.333. The van der Waals surface area contributed by atoms with Gasteiger partial charge in [-0.25, -0.2) is 0 Å². The first-order valence-corrected chi connectivity index (χ1v) is 4.83. The molecular weight excluding hydrogens is 218 g/mol. The summed E-state index contributed by atoms with van der Waals surface area (Å²) >= 11 is 0. The van der Waals surface area contributed by atoms with Crippen molar-refractivity contribution in [3.63, 3.8) is 0 Å². The van der Waals surface area contributed by atoms with Crippen LogP contribution < -0.4 is 0 Å². The monoisotopic (exact) mass is 227 g/mol. The maximum atomic E-state index is 10.6. The highest BCUT2D eigenvalue weighted by molar-refractivity contribution is 5.64. The summed E-state index contributed by atoms with van der Waals surface area (Å²) in [5.41, 5.74) is -0.496. The van der Waals surface area contributed by atoms with E-state index in [2.05, 4.69) is 0 Å². The van der Waals surface area contributed by atoms with E-state index in [1.54, 1.807) is 26.0 Å². The van der Waals surface area contributed by atoms with Gasteiger partial charge < -0.3 is 9.53 Å². The lowest BCUT2D eigenvalue weighted by Gasteiger charge is -2.21. The Morgan fingerprint density at radius 2 is 1.94 bits per heavy atom. The molecule has 1 rings (SSSR count). The molecule has 0 bridgehead atoms. The number of hydrogen-bond donors (Lipinski definition) is 0. The van der Waals surface area contributed by atoms with Gasteiger partial charge >= 0.3 is 0 Å². The third kappa shape index (κ3) is 2.02. The SMILES string of the molecule is CC1(C)OC(=C(C#N)C#N)C(C#N)=C1CC=O. The molecule has 0 aromatic heterocycles. The lowest BCUT2D eigenvalue weighted by Crippen LogP contribution is -2.22. The average Bonchev–Trinajstić information content (AvgIpc) is 2.53. The molecule has 0 radical (unpaired) electrons. The molecule has 0 aromatic carbocycles. The Balaban J connectivity index is 3.51. The second-order valence-electron chi connectivity index (χ2n) is 3.88. The molecule has 5 heteroatoms. The van der Waals surface area contributed by atoms with Crippen LogP contribution in [0.25, 0.3) is 0 Å². The van der Waals surface area contributed by atoms with Gasteiger partial charge in [-0.1, -0.05) is 0 Å². The summed E-state index contributed by atoms with van der Waals surface area (Å²) in [5, 5.41) is 26.6. The van der Waals surface area contributed by atoms with Gasteiger partial charge in [-0.15, -0.1) is 0 Å². The number of hydrogen-bond acceptors (Lipinski definition) is 5. The van der Waals surface area contributed by atoms with Crippen LogP contribution in [0.5, 0.6) is 0 Å². The van der Waals surface area contributed by atoms with Crippen molar-refractivity contribution in [1.29, 1.82) is 15.8 Å². The van der Waals surface area contributed by atoms with Crippen molar-refractivity contribution < 1.29 is 9.53 Å². The summed E-state index contributed by atoms with van der Waals surface area (Å²) in [6.07, 6.45) is 0.711. The summed E-state index contributed by atoms with van der Waals surface area (Å²) in [6, 6.07) is 5.25.